The lowest BCUT2D eigenvalue weighted by molar-refractivity contribution is -0.142. The highest BCUT2D eigenvalue weighted by molar-refractivity contribution is 5.86. The number of hydrogen-bond acceptors (Lipinski definition) is 3. The quantitative estimate of drug-likeness (QED) is 0.684. The minimum absolute atomic E-state index is 0.0336. The summed E-state index contributed by atoms with van der Waals surface area (Å²) in [4.78, 5) is 27.1. The van der Waals surface area contributed by atoms with Crippen molar-refractivity contribution in [1.82, 2.24) is 15.1 Å². The third-order valence-corrected chi connectivity index (χ3v) is 3.33. The predicted molar refractivity (Wildman–Crippen MR) is 59.9 cm³/mol. The van der Waals surface area contributed by atoms with Crippen LogP contribution in [0.15, 0.2) is 0 Å². The van der Waals surface area contributed by atoms with Gasteiger partial charge in [-0.3, -0.25) is 9.59 Å². The first-order chi connectivity index (χ1) is 7.68. The molecule has 2 aliphatic heterocycles. The Balaban J connectivity index is 1.91. The van der Waals surface area contributed by atoms with Crippen LogP contribution in [0.25, 0.3) is 0 Å². The normalized spacial score (nSPS) is 26.3. The summed E-state index contributed by atoms with van der Waals surface area (Å²) in [5.74, 6) is 0.130. The fourth-order valence-corrected chi connectivity index (χ4v) is 2.30. The summed E-state index contributed by atoms with van der Waals surface area (Å²) in [6, 6.07) is 0.118. The van der Waals surface area contributed by atoms with Gasteiger partial charge in [0, 0.05) is 25.7 Å². The van der Waals surface area contributed by atoms with Crippen LogP contribution in [0.2, 0.25) is 0 Å². The zero-order valence-electron chi connectivity index (χ0n) is 9.74. The van der Waals surface area contributed by atoms with Crippen molar-refractivity contribution in [1.29, 1.82) is 0 Å². The Hall–Kier alpha value is -1.10. The van der Waals surface area contributed by atoms with Crippen LogP contribution >= 0.6 is 0 Å². The first-order valence-corrected chi connectivity index (χ1v) is 5.96. The number of nitrogens with zero attached hydrogens (tertiary/aromatic N) is 2. The maximum atomic E-state index is 11.9. The maximum Gasteiger partial charge on any atom is 0.242 e. The summed E-state index contributed by atoms with van der Waals surface area (Å²) in [5.41, 5.74) is 0. The number of carbonyl (C=O) groups excluding carboxylic acids is 2. The van der Waals surface area contributed by atoms with Gasteiger partial charge in [-0.25, -0.2) is 0 Å². The molecule has 16 heavy (non-hydrogen) atoms. The van der Waals surface area contributed by atoms with Crippen molar-refractivity contribution in [3.63, 3.8) is 0 Å². The number of likely N-dealkylation sites (tertiary alicyclic amines) is 1. The molecule has 90 valence electrons. The van der Waals surface area contributed by atoms with Crippen molar-refractivity contribution in [2.45, 2.75) is 25.8 Å². The molecule has 0 aromatic carbocycles. The lowest BCUT2D eigenvalue weighted by atomic mass is 10.2. The summed E-state index contributed by atoms with van der Waals surface area (Å²) in [6.45, 7) is 5.07. The molecule has 2 fully saturated rings. The van der Waals surface area contributed by atoms with E-state index in [4.69, 9.17) is 0 Å². The van der Waals surface area contributed by atoms with Crippen molar-refractivity contribution in [3.8, 4) is 0 Å². The van der Waals surface area contributed by atoms with Gasteiger partial charge >= 0.3 is 0 Å². The van der Waals surface area contributed by atoms with Gasteiger partial charge in [-0.2, -0.15) is 0 Å². The summed E-state index contributed by atoms with van der Waals surface area (Å²) < 4.78 is 0. The molecule has 5 nitrogen and oxygen atoms in total. The van der Waals surface area contributed by atoms with Gasteiger partial charge in [0.1, 0.15) is 6.54 Å². The summed E-state index contributed by atoms with van der Waals surface area (Å²) >= 11 is 0. The number of hydrogen-bond donors (Lipinski definition) is 1. The molecule has 0 saturated carbocycles. The van der Waals surface area contributed by atoms with Gasteiger partial charge in [-0.15, -0.1) is 0 Å². The minimum Gasteiger partial charge on any atom is -0.341 e. The Labute approximate surface area is 95.8 Å². The third-order valence-electron chi connectivity index (χ3n) is 3.33. The second-order valence-corrected chi connectivity index (χ2v) is 4.59. The van der Waals surface area contributed by atoms with Gasteiger partial charge in [0.25, 0.3) is 0 Å². The van der Waals surface area contributed by atoms with E-state index in [1.54, 1.807) is 4.90 Å². The average molecular weight is 225 g/mol. The molecule has 2 amide bonds. The molecule has 2 aliphatic rings. The molecule has 2 heterocycles. The molecule has 1 unspecified atom stereocenters. The van der Waals surface area contributed by atoms with E-state index in [1.807, 2.05) is 11.8 Å². The topological polar surface area (TPSA) is 52.7 Å². The number of amides is 2. The largest absolute Gasteiger partial charge is 0.341 e. The van der Waals surface area contributed by atoms with E-state index in [0.717, 1.165) is 32.5 Å². The molecule has 0 aromatic heterocycles. The van der Waals surface area contributed by atoms with Gasteiger partial charge in [0.15, 0.2) is 0 Å². The van der Waals surface area contributed by atoms with E-state index < -0.39 is 0 Å². The Morgan fingerprint density at radius 2 is 2.12 bits per heavy atom. The van der Waals surface area contributed by atoms with Crippen molar-refractivity contribution >= 4 is 11.8 Å². The molecule has 5 heteroatoms. The van der Waals surface area contributed by atoms with E-state index in [-0.39, 0.29) is 24.4 Å². The third kappa shape index (κ3) is 2.35. The standard InChI is InChI=1S/C11H19N3O2/c1-9-6-12-7-10(15)14(9)8-11(16)13-4-2-3-5-13/h9,12H,2-8H2,1H3. The number of piperazine rings is 1. The van der Waals surface area contributed by atoms with Crippen LogP contribution in [0.3, 0.4) is 0 Å². The second kappa shape index (κ2) is 4.82. The SMILES string of the molecule is CC1CNCC(=O)N1CC(=O)N1CCCC1. The number of nitrogens with one attached hydrogen (secondary N) is 1. The molecule has 2 saturated heterocycles. The van der Waals surface area contributed by atoms with Crippen LogP contribution in [-0.4, -0.2) is 60.4 Å². The van der Waals surface area contributed by atoms with Crippen molar-refractivity contribution in [3.05, 3.63) is 0 Å². The molecule has 0 bridgehead atoms. The zero-order chi connectivity index (χ0) is 11.5. The first-order valence-electron chi connectivity index (χ1n) is 5.96. The monoisotopic (exact) mass is 225 g/mol. The summed E-state index contributed by atoms with van der Waals surface area (Å²) in [6.07, 6.45) is 2.19. The van der Waals surface area contributed by atoms with E-state index in [9.17, 15) is 9.59 Å². The first kappa shape index (κ1) is 11.4. The van der Waals surface area contributed by atoms with E-state index >= 15 is 0 Å². The van der Waals surface area contributed by atoms with Crippen LogP contribution in [-0.2, 0) is 9.59 Å². The number of carbonyl (C=O) groups is 2. The Morgan fingerprint density at radius 3 is 2.75 bits per heavy atom. The molecule has 1 N–H and O–H groups in total. The fourth-order valence-electron chi connectivity index (χ4n) is 2.30. The van der Waals surface area contributed by atoms with Crippen LogP contribution in [0.1, 0.15) is 19.8 Å². The molecule has 0 aromatic rings. The van der Waals surface area contributed by atoms with Gasteiger partial charge in [0.05, 0.1) is 6.54 Å². The van der Waals surface area contributed by atoms with E-state index in [1.165, 1.54) is 0 Å². The van der Waals surface area contributed by atoms with E-state index in [0.29, 0.717) is 6.54 Å². The molecular weight excluding hydrogens is 206 g/mol. The Bertz CT molecular complexity index is 287. The fraction of sp³-hybridized carbons (Fsp3) is 0.818. The van der Waals surface area contributed by atoms with Crippen LogP contribution < -0.4 is 5.32 Å². The predicted octanol–water partition coefficient (Wildman–Crippen LogP) is -0.571. The Morgan fingerprint density at radius 1 is 1.44 bits per heavy atom. The Kier molecular flexibility index (Phi) is 3.43. The summed E-state index contributed by atoms with van der Waals surface area (Å²) in [5, 5.41) is 3.04. The lowest BCUT2D eigenvalue weighted by Crippen LogP contribution is -2.56. The van der Waals surface area contributed by atoms with Crippen molar-refractivity contribution in [2.24, 2.45) is 0 Å². The van der Waals surface area contributed by atoms with Gasteiger partial charge in [0.2, 0.25) is 11.8 Å². The van der Waals surface area contributed by atoms with Crippen LogP contribution in [0.5, 0.6) is 0 Å². The van der Waals surface area contributed by atoms with E-state index in [2.05, 4.69) is 5.32 Å². The molecular formula is C11H19N3O2. The van der Waals surface area contributed by atoms with Crippen LogP contribution in [0.4, 0.5) is 0 Å². The van der Waals surface area contributed by atoms with Gasteiger partial charge < -0.3 is 15.1 Å². The van der Waals surface area contributed by atoms with Gasteiger partial charge in [-0.1, -0.05) is 0 Å². The highest BCUT2D eigenvalue weighted by Crippen LogP contribution is 2.10. The highest BCUT2D eigenvalue weighted by atomic mass is 16.2. The summed E-state index contributed by atoms with van der Waals surface area (Å²) in [7, 11) is 0. The molecule has 2 rings (SSSR count). The molecule has 0 aliphatic carbocycles. The smallest absolute Gasteiger partial charge is 0.242 e. The molecule has 1 atom stereocenters. The van der Waals surface area contributed by atoms with Gasteiger partial charge in [-0.05, 0) is 19.8 Å². The average Bonchev–Trinajstić information content (AvgIpc) is 2.76. The lowest BCUT2D eigenvalue weighted by Gasteiger charge is -2.34. The highest BCUT2D eigenvalue weighted by Gasteiger charge is 2.28. The molecule has 0 radical (unpaired) electrons. The minimum atomic E-state index is 0.0336. The molecule has 0 spiro atoms. The van der Waals surface area contributed by atoms with Crippen LogP contribution in [0, 0.1) is 0 Å². The zero-order valence-corrected chi connectivity index (χ0v) is 9.74. The van der Waals surface area contributed by atoms with Crippen molar-refractivity contribution in [2.75, 3.05) is 32.7 Å². The number of rotatable bonds is 2. The maximum absolute atomic E-state index is 11.9. The second-order valence-electron chi connectivity index (χ2n) is 4.59. The van der Waals surface area contributed by atoms with Crippen molar-refractivity contribution < 1.29 is 9.59 Å².